The summed E-state index contributed by atoms with van der Waals surface area (Å²) in [4.78, 5) is 26.6. The number of nitrogens with zero attached hydrogens (tertiary/aromatic N) is 5. The number of fused-ring (bicyclic) bond motifs is 2. The zero-order valence-corrected chi connectivity index (χ0v) is 17.6. The molecule has 0 unspecified atom stereocenters. The van der Waals surface area contributed by atoms with Crippen molar-refractivity contribution >= 4 is 40.0 Å². The summed E-state index contributed by atoms with van der Waals surface area (Å²) in [6, 6.07) is 6.36. The number of H-pyrrole nitrogens is 1. The van der Waals surface area contributed by atoms with Gasteiger partial charge in [0.05, 0.1) is 29.0 Å². The van der Waals surface area contributed by atoms with Crippen molar-refractivity contribution in [1.29, 1.82) is 0 Å². The fourth-order valence-electron chi connectivity index (χ4n) is 4.72. The fourth-order valence-corrected chi connectivity index (χ4v) is 4.72. The van der Waals surface area contributed by atoms with Crippen molar-refractivity contribution in [3.05, 3.63) is 30.6 Å². The third-order valence-corrected chi connectivity index (χ3v) is 6.32. The van der Waals surface area contributed by atoms with Crippen molar-refractivity contribution in [1.82, 2.24) is 20.2 Å². The normalized spacial score (nSPS) is 19.2. The zero-order valence-electron chi connectivity index (χ0n) is 17.6. The van der Waals surface area contributed by atoms with Crippen LogP contribution in [0.5, 0.6) is 0 Å². The number of para-hydroxylation sites is 1. The highest BCUT2D eigenvalue weighted by molar-refractivity contribution is 6.01. The number of amides is 1. The van der Waals surface area contributed by atoms with E-state index >= 15 is 0 Å². The molecule has 1 fully saturated rings. The number of benzene rings is 1. The van der Waals surface area contributed by atoms with Crippen molar-refractivity contribution in [2.24, 2.45) is 5.41 Å². The molecule has 0 radical (unpaired) electrons. The van der Waals surface area contributed by atoms with E-state index in [1.165, 1.54) is 12.8 Å². The number of carbonyl (C=O) groups excluding carboxylic acids is 1. The van der Waals surface area contributed by atoms with Gasteiger partial charge in [0.25, 0.3) is 0 Å². The van der Waals surface area contributed by atoms with Gasteiger partial charge in [0.1, 0.15) is 5.69 Å². The molecule has 0 bridgehead atoms. The molecule has 0 saturated heterocycles. The zero-order chi connectivity index (χ0) is 20.9. The highest BCUT2D eigenvalue weighted by Gasteiger charge is 2.41. The molecule has 1 aliphatic heterocycles. The van der Waals surface area contributed by atoms with E-state index in [2.05, 4.69) is 25.4 Å². The molecule has 8 heteroatoms. The highest BCUT2D eigenvalue weighted by Crippen LogP contribution is 2.40. The monoisotopic (exact) mass is 405 g/mol. The van der Waals surface area contributed by atoms with E-state index in [0.717, 1.165) is 40.9 Å². The topological polar surface area (TPSA) is 90.0 Å². The predicted molar refractivity (Wildman–Crippen MR) is 118 cm³/mol. The van der Waals surface area contributed by atoms with E-state index < -0.39 is 5.41 Å². The molecular formula is C22H27N7O. The van der Waals surface area contributed by atoms with Gasteiger partial charge in [-0.15, -0.1) is 0 Å². The Morgan fingerprint density at radius 1 is 1.20 bits per heavy atom. The Balaban J connectivity index is 1.58. The van der Waals surface area contributed by atoms with Gasteiger partial charge in [-0.3, -0.25) is 9.89 Å². The molecule has 2 aromatic heterocycles. The van der Waals surface area contributed by atoms with Crippen LogP contribution in [-0.4, -0.2) is 45.7 Å². The van der Waals surface area contributed by atoms with Crippen LogP contribution < -0.4 is 15.1 Å². The van der Waals surface area contributed by atoms with Gasteiger partial charge in [0, 0.05) is 25.0 Å². The fraction of sp³-hybridized carbons (Fsp3) is 0.455. The van der Waals surface area contributed by atoms with Crippen LogP contribution in [0.4, 0.5) is 23.1 Å². The number of aromatic nitrogens is 4. The molecule has 1 aromatic carbocycles. The molecule has 156 valence electrons. The Morgan fingerprint density at radius 3 is 2.80 bits per heavy atom. The molecular weight excluding hydrogens is 378 g/mol. The Hall–Kier alpha value is -3.16. The average Bonchev–Trinajstić information content (AvgIpc) is 3.42. The lowest BCUT2D eigenvalue weighted by molar-refractivity contribution is -0.125. The molecule has 3 aromatic rings. The first-order chi connectivity index (χ1) is 14.4. The van der Waals surface area contributed by atoms with Crippen LogP contribution in [-0.2, 0) is 4.79 Å². The molecule has 1 aliphatic carbocycles. The van der Waals surface area contributed by atoms with Crippen LogP contribution in [0.25, 0.3) is 10.9 Å². The van der Waals surface area contributed by atoms with E-state index in [-0.39, 0.29) is 5.91 Å². The first kappa shape index (κ1) is 18.8. The van der Waals surface area contributed by atoms with E-state index in [4.69, 9.17) is 4.98 Å². The Labute approximate surface area is 175 Å². The molecule has 1 saturated carbocycles. The van der Waals surface area contributed by atoms with Crippen LogP contribution in [0, 0.1) is 5.41 Å². The number of rotatable bonds is 3. The van der Waals surface area contributed by atoms with E-state index in [1.54, 1.807) is 17.3 Å². The van der Waals surface area contributed by atoms with Gasteiger partial charge in [0.2, 0.25) is 11.9 Å². The molecule has 30 heavy (non-hydrogen) atoms. The smallest absolute Gasteiger partial charge is 0.234 e. The molecule has 2 aliphatic rings. The molecule has 0 atom stereocenters. The molecule has 1 amide bonds. The lowest BCUT2D eigenvalue weighted by atomic mass is 9.91. The first-order valence-electron chi connectivity index (χ1n) is 10.5. The summed E-state index contributed by atoms with van der Waals surface area (Å²) in [5.41, 5.74) is 2.06. The molecule has 5 rings (SSSR count). The maximum absolute atomic E-state index is 13.1. The van der Waals surface area contributed by atoms with E-state index in [0.29, 0.717) is 18.5 Å². The number of nitrogens with one attached hydrogen (secondary N) is 2. The largest absolute Gasteiger partial charge is 0.351 e. The van der Waals surface area contributed by atoms with E-state index in [9.17, 15) is 4.79 Å². The number of carbonyl (C=O) groups is 1. The van der Waals surface area contributed by atoms with Crippen molar-refractivity contribution in [3.8, 4) is 0 Å². The van der Waals surface area contributed by atoms with Crippen molar-refractivity contribution in [3.63, 3.8) is 0 Å². The minimum absolute atomic E-state index is 0.0933. The van der Waals surface area contributed by atoms with Crippen molar-refractivity contribution in [2.75, 3.05) is 28.7 Å². The van der Waals surface area contributed by atoms with Crippen LogP contribution in [0.1, 0.15) is 39.5 Å². The highest BCUT2D eigenvalue weighted by atomic mass is 16.2. The molecule has 8 nitrogen and oxygen atoms in total. The first-order valence-corrected chi connectivity index (χ1v) is 10.5. The van der Waals surface area contributed by atoms with Gasteiger partial charge < -0.3 is 15.1 Å². The predicted octanol–water partition coefficient (Wildman–Crippen LogP) is 3.85. The van der Waals surface area contributed by atoms with Crippen LogP contribution >= 0.6 is 0 Å². The summed E-state index contributed by atoms with van der Waals surface area (Å²) >= 11 is 0. The lowest BCUT2D eigenvalue weighted by Crippen LogP contribution is -2.45. The van der Waals surface area contributed by atoms with Gasteiger partial charge in [-0.25, -0.2) is 4.98 Å². The minimum atomic E-state index is -0.493. The van der Waals surface area contributed by atoms with Crippen LogP contribution in [0.2, 0.25) is 0 Å². The third kappa shape index (κ3) is 3.07. The summed E-state index contributed by atoms with van der Waals surface area (Å²) in [5, 5.41) is 11.5. The summed E-state index contributed by atoms with van der Waals surface area (Å²) in [5.74, 6) is 1.44. The number of anilines is 4. The average molecular weight is 406 g/mol. The van der Waals surface area contributed by atoms with Gasteiger partial charge in [-0.05, 0) is 32.8 Å². The van der Waals surface area contributed by atoms with Gasteiger partial charge in [-0.1, -0.05) is 25.0 Å². The van der Waals surface area contributed by atoms with Crippen LogP contribution in [0.15, 0.2) is 30.6 Å². The third-order valence-electron chi connectivity index (χ3n) is 6.32. The summed E-state index contributed by atoms with van der Waals surface area (Å²) in [7, 11) is 1.82. The van der Waals surface area contributed by atoms with Gasteiger partial charge in [0.15, 0.2) is 5.82 Å². The van der Waals surface area contributed by atoms with E-state index in [1.807, 2.05) is 39.1 Å². The Bertz CT molecular complexity index is 1100. The standard InChI is InChI=1S/C22H27N7O/c1-22(2)13-29(15-8-4-5-9-15)19-17(28(3)20(22)30)12-23-21(26-19)25-16-10-6-7-14-11-24-27-18(14)16/h6-7,10-12,15H,4-5,8-9,13H2,1-3H3,(H,24,27)(H,23,25,26). The van der Waals surface area contributed by atoms with Gasteiger partial charge in [-0.2, -0.15) is 10.1 Å². The quantitative estimate of drug-likeness (QED) is 0.688. The Morgan fingerprint density at radius 2 is 2.00 bits per heavy atom. The number of hydrogen-bond donors (Lipinski definition) is 2. The van der Waals surface area contributed by atoms with Gasteiger partial charge >= 0.3 is 0 Å². The van der Waals surface area contributed by atoms with Crippen LogP contribution in [0.3, 0.4) is 0 Å². The van der Waals surface area contributed by atoms with Crippen molar-refractivity contribution < 1.29 is 4.79 Å². The number of aromatic amines is 1. The maximum atomic E-state index is 13.1. The lowest BCUT2D eigenvalue weighted by Gasteiger charge is -2.34. The molecule has 0 spiro atoms. The minimum Gasteiger partial charge on any atom is -0.351 e. The van der Waals surface area contributed by atoms with Crippen molar-refractivity contribution in [2.45, 2.75) is 45.6 Å². The summed E-state index contributed by atoms with van der Waals surface area (Å²) in [6.07, 6.45) is 8.26. The second kappa shape index (κ2) is 6.97. The second-order valence-corrected chi connectivity index (χ2v) is 8.98. The maximum Gasteiger partial charge on any atom is 0.234 e. The Kier molecular flexibility index (Phi) is 4.38. The molecule has 3 heterocycles. The molecule has 2 N–H and O–H groups in total. The summed E-state index contributed by atoms with van der Waals surface area (Å²) in [6.45, 7) is 4.69. The second-order valence-electron chi connectivity index (χ2n) is 8.98. The SMILES string of the molecule is CN1C(=O)C(C)(C)CN(C2CCCC2)c2nc(Nc3cccc4cn[nH]c34)ncc21. The summed E-state index contributed by atoms with van der Waals surface area (Å²) < 4.78 is 0. The number of hydrogen-bond acceptors (Lipinski definition) is 6.